The van der Waals surface area contributed by atoms with E-state index in [9.17, 15) is 26.3 Å². The maximum Gasteiger partial charge on any atom is 0.416 e. The van der Waals surface area contributed by atoms with Gasteiger partial charge in [0.1, 0.15) is 12.4 Å². The van der Waals surface area contributed by atoms with Crippen molar-refractivity contribution in [2.75, 3.05) is 13.2 Å². The van der Waals surface area contributed by atoms with Crippen LogP contribution in [0.5, 0.6) is 5.75 Å². The van der Waals surface area contributed by atoms with E-state index in [4.69, 9.17) is 9.47 Å². The molecule has 38 heavy (non-hydrogen) atoms. The smallest absolute Gasteiger partial charge is 0.416 e. The number of hydrogen-bond donors (Lipinski definition) is 1. The summed E-state index contributed by atoms with van der Waals surface area (Å²) in [6.07, 6.45) is -8.08. The van der Waals surface area contributed by atoms with Crippen LogP contribution in [0.15, 0.2) is 48.5 Å². The average Bonchev–Trinajstić information content (AvgIpc) is 3.43. The zero-order chi connectivity index (χ0) is 27.1. The Morgan fingerprint density at radius 3 is 2.26 bits per heavy atom. The molecule has 3 heterocycles. The van der Waals surface area contributed by atoms with Crippen LogP contribution in [0.4, 0.5) is 26.3 Å². The number of nitrogens with zero attached hydrogens (tertiary/aromatic N) is 4. The van der Waals surface area contributed by atoms with Gasteiger partial charge in [-0.25, -0.2) is 4.68 Å². The molecule has 204 valence electrons. The molecule has 0 unspecified atom stereocenters. The standard InChI is InChI=1S/C25H25F6N5O2/c1-36-22(33-34-35-36)19-14-23(15-5-3-2-4-6-15)21(8-7-20(19)32-23)38-10-9-37-18-12-16(24(26,27)28)11-17(13-18)25(29,30)31/h2-6,11-13,19-21,32H,7-10,14H2,1H3/t19-,20+,21-,23-/m0/s1. The van der Waals surface area contributed by atoms with Crippen LogP contribution in [-0.2, 0) is 29.7 Å². The fourth-order valence-electron chi connectivity index (χ4n) is 5.58. The molecule has 2 aliphatic heterocycles. The van der Waals surface area contributed by atoms with E-state index in [1.54, 1.807) is 11.7 Å². The van der Waals surface area contributed by atoms with Crippen molar-refractivity contribution in [3.63, 3.8) is 0 Å². The third-order valence-electron chi connectivity index (χ3n) is 7.27. The maximum atomic E-state index is 13.1. The highest BCUT2D eigenvalue weighted by Gasteiger charge is 2.55. The van der Waals surface area contributed by atoms with Crippen LogP contribution in [0.2, 0.25) is 0 Å². The summed E-state index contributed by atoms with van der Waals surface area (Å²) in [5, 5.41) is 15.7. The highest BCUT2D eigenvalue weighted by Crippen LogP contribution is 2.50. The Balaban J connectivity index is 1.31. The van der Waals surface area contributed by atoms with Gasteiger partial charge >= 0.3 is 12.4 Å². The Labute approximate surface area is 214 Å². The second kappa shape index (κ2) is 9.84. The first kappa shape index (κ1) is 26.4. The third-order valence-corrected chi connectivity index (χ3v) is 7.27. The van der Waals surface area contributed by atoms with Gasteiger partial charge in [-0.1, -0.05) is 30.3 Å². The van der Waals surface area contributed by atoms with Crippen molar-refractivity contribution in [2.45, 2.75) is 55.2 Å². The SMILES string of the molecule is Cn1nnnc1[C@H]1C[C@@]2(c3ccccc3)N[C@@H]1CC[C@@H]2OCCOc1cc(C(F)(F)F)cc(C(F)(F)F)c1. The molecule has 1 N–H and O–H groups in total. The number of rotatable bonds is 7. The summed E-state index contributed by atoms with van der Waals surface area (Å²) in [5.41, 5.74) is -2.41. The van der Waals surface area contributed by atoms with Gasteiger partial charge in [-0.15, -0.1) is 5.10 Å². The molecule has 0 spiro atoms. The minimum atomic E-state index is -4.94. The molecule has 3 aromatic rings. The molecule has 4 atom stereocenters. The minimum absolute atomic E-state index is 0.0284. The van der Waals surface area contributed by atoms with Crippen LogP contribution in [0, 0.1) is 0 Å². The van der Waals surface area contributed by atoms with Crippen LogP contribution >= 0.6 is 0 Å². The first-order chi connectivity index (χ1) is 18.0. The van der Waals surface area contributed by atoms with Gasteiger partial charge in [0.2, 0.25) is 0 Å². The van der Waals surface area contributed by atoms with Crippen LogP contribution in [0.3, 0.4) is 0 Å². The van der Waals surface area contributed by atoms with Crippen LogP contribution in [0.1, 0.15) is 47.7 Å². The second-order valence-electron chi connectivity index (χ2n) is 9.59. The molecule has 0 radical (unpaired) electrons. The highest BCUT2D eigenvalue weighted by atomic mass is 19.4. The van der Waals surface area contributed by atoms with Crippen molar-refractivity contribution >= 4 is 0 Å². The first-order valence-electron chi connectivity index (χ1n) is 12.1. The normalized spacial score (nSPS) is 25.5. The van der Waals surface area contributed by atoms with Crippen LogP contribution in [-0.4, -0.2) is 45.6 Å². The van der Waals surface area contributed by atoms with E-state index in [1.807, 2.05) is 30.3 Å². The summed E-state index contributed by atoms with van der Waals surface area (Å²) in [6, 6.07) is 11.1. The Hall–Kier alpha value is -3.19. The van der Waals surface area contributed by atoms with E-state index < -0.39 is 34.8 Å². The second-order valence-corrected chi connectivity index (χ2v) is 9.59. The van der Waals surface area contributed by atoms with Crippen molar-refractivity contribution in [1.29, 1.82) is 0 Å². The Bertz CT molecular complexity index is 1230. The number of aryl methyl sites for hydroxylation is 1. The van der Waals surface area contributed by atoms with Gasteiger partial charge in [0.05, 0.1) is 29.4 Å². The molecule has 2 fully saturated rings. The number of nitrogens with one attached hydrogen (secondary N) is 1. The van der Waals surface area contributed by atoms with Gasteiger partial charge in [-0.2, -0.15) is 26.3 Å². The average molecular weight is 541 g/mol. The minimum Gasteiger partial charge on any atom is -0.491 e. The molecule has 5 rings (SSSR count). The van der Waals surface area contributed by atoms with Crippen LogP contribution < -0.4 is 10.1 Å². The van der Waals surface area contributed by atoms with E-state index in [-0.39, 0.29) is 37.3 Å². The molecule has 0 aliphatic carbocycles. The number of tetrazole rings is 1. The van der Waals surface area contributed by atoms with Crippen LogP contribution in [0.25, 0.3) is 0 Å². The zero-order valence-electron chi connectivity index (χ0n) is 20.3. The third kappa shape index (κ3) is 5.08. The molecular formula is C25H25F6N5O2. The number of alkyl halides is 6. The van der Waals surface area contributed by atoms with Gasteiger partial charge in [0, 0.05) is 19.0 Å². The van der Waals surface area contributed by atoms with Gasteiger partial charge < -0.3 is 14.8 Å². The lowest BCUT2D eigenvalue weighted by Gasteiger charge is -2.42. The molecule has 7 nitrogen and oxygen atoms in total. The Morgan fingerprint density at radius 1 is 0.974 bits per heavy atom. The number of aromatic nitrogens is 4. The molecule has 1 aromatic heterocycles. The summed E-state index contributed by atoms with van der Waals surface area (Å²) < 4.78 is 92.0. The molecular weight excluding hydrogens is 516 g/mol. The highest BCUT2D eigenvalue weighted by molar-refractivity contribution is 5.37. The van der Waals surface area contributed by atoms with E-state index in [2.05, 4.69) is 20.8 Å². The van der Waals surface area contributed by atoms with E-state index in [1.165, 1.54) is 0 Å². The van der Waals surface area contributed by atoms with Gasteiger partial charge in [0.25, 0.3) is 0 Å². The van der Waals surface area contributed by atoms with Gasteiger partial charge in [-0.3, -0.25) is 0 Å². The lowest BCUT2D eigenvalue weighted by Crippen LogP contribution is -2.54. The number of piperidine rings is 1. The van der Waals surface area contributed by atoms with Gasteiger partial charge in [-0.05, 0) is 53.5 Å². The molecule has 2 bridgehead atoms. The molecule has 2 saturated heterocycles. The quantitative estimate of drug-likeness (QED) is 0.341. The summed E-state index contributed by atoms with van der Waals surface area (Å²) in [6.45, 7) is -0.251. The molecule has 13 heteroatoms. The topological polar surface area (TPSA) is 74.1 Å². The van der Waals surface area contributed by atoms with E-state index in [0.29, 0.717) is 25.0 Å². The van der Waals surface area contributed by atoms with Crippen molar-refractivity contribution in [3.05, 3.63) is 71.0 Å². The largest absolute Gasteiger partial charge is 0.491 e. The number of halogens is 6. The van der Waals surface area contributed by atoms with Crippen molar-refractivity contribution in [1.82, 2.24) is 25.5 Å². The number of hydrogen-bond acceptors (Lipinski definition) is 6. The molecule has 0 saturated carbocycles. The fraction of sp³-hybridized carbons (Fsp3) is 0.480. The molecule has 2 aliphatic rings. The van der Waals surface area contributed by atoms with E-state index in [0.717, 1.165) is 17.8 Å². The van der Waals surface area contributed by atoms with Gasteiger partial charge in [0.15, 0.2) is 5.82 Å². The summed E-state index contributed by atoms with van der Waals surface area (Å²) in [4.78, 5) is 0. The maximum absolute atomic E-state index is 13.1. The van der Waals surface area contributed by atoms with E-state index >= 15 is 0 Å². The summed E-state index contributed by atoms with van der Waals surface area (Å²) in [5.74, 6) is 0.270. The lowest BCUT2D eigenvalue weighted by atomic mass is 9.80. The predicted molar refractivity (Wildman–Crippen MR) is 122 cm³/mol. The Kier molecular flexibility index (Phi) is 6.84. The molecule has 2 aromatic carbocycles. The lowest BCUT2D eigenvalue weighted by molar-refractivity contribution is -0.143. The van der Waals surface area contributed by atoms with Crippen molar-refractivity contribution < 1.29 is 35.8 Å². The molecule has 0 amide bonds. The number of fused-ring (bicyclic) bond motifs is 2. The zero-order valence-corrected chi connectivity index (χ0v) is 20.3. The summed E-state index contributed by atoms with van der Waals surface area (Å²) >= 11 is 0. The summed E-state index contributed by atoms with van der Waals surface area (Å²) in [7, 11) is 1.79. The fourth-order valence-corrected chi connectivity index (χ4v) is 5.58. The monoisotopic (exact) mass is 541 g/mol. The predicted octanol–water partition coefficient (Wildman–Crippen LogP) is 4.85. The van der Waals surface area contributed by atoms with Crippen molar-refractivity contribution in [2.24, 2.45) is 7.05 Å². The first-order valence-corrected chi connectivity index (χ1v) is 12.1. The number of ether oxygens (including phenoxy) is 2. The number of benzene rings is 2. The Morgan fingerprint density at radius 2 is 1.66 bits per heavy atom. The van der Waals surface area contributed by atoms with Crippen molar-refractivity contribution in [3.8, 4) is 5.75 Å².